The number of nitrogens with zero attached hydrogens (tertiary/aromatic N) is 3. The van der Waals surface area contributed by atoms with Crippen molar-refractivity contribution in [2.24, 2.45) is 5.41 Å². The molecule has 1 aliphatic carbocycles. The number of carbonyl (C=O) groups is 1. The first-order valence-electron chi connectivity index (χ1n) is 18.0. The fraction of sp³-hybridized carbons (Fsp3) is 0.658. The number of methoxy groups -OCH3 is 1. The number of piperidine rings is 2. The first-order valence-corrected chi connectivity index (χ1v) is 19.5. The molecule has 2 aromatic carbocycles. The van der Waals surface area contributed by atoms with Crippen molar-refractivity contribution in [3.05, 3.63) is 58.9 Å². The van der Waals surface area contributed by atoms with E-state index in [1.165, 1.54) is 12.8 Å². The van der Waals surface area contributed by atoms with Gasteiger partial charge < -0.3 is 9.64 Å². The van der Waals surface area contributed by atoms with Crippen molar-refractivity contribution in [2.45, 2.75) is 120 Å². The van der Waals surface area contributed by atoms with Gasteiger partial charge in [0.25, 0.3) is 0 Å². The van der Waals surface area contributed by atoms with E-state index < -0.39 is 10.0 Å². The molecular weight excluding hydrogens is 614 g/mol. The van der Waals surface area contributed by atoms with Crippen molar-refractivity contribution >= 4 is 15.9 Å². The maximum Gasteiger partial charge on any atom is 0.243 e. The molecule has 0 radical (unpaired) electrons. The summed E-state index contributed by atoms with van der Waals surface area (Å²) < 4.78 is 49.3. The molecule has 3 aliphatic heterocycles. The predicted molar refractivity (Wildman–Crippen MR) is 183 cm³/mol. The predicted octanol–water partition coefficient (Wildman–Crippen LogP) is 7.34. The number of aryl methyl sites for hydroxylation is 2. The largest absolute Gasteiger partial charge is 0.497 e. The molecule has 3 saturated heterocycles. The van der Waals surface area contributed by atoms with E-state index in [0.717, 1.165) is 89.5 Å². The van der Waals surface area contributed by atoms with Crippen LogP contribution in [-0.4, -0.2) is 74.3 Å². The van der Waals surface area contributed by atoms with Gasteiger partial charge in [0.05, 0.1) is 12.0 Å². The number of likely N-dealkylation sites (tertiary alicyclic amines) is 2. The van der Waals surface area contributed by atoms with Crippen molar-refractivity contribution in [1.82, 2.24) is 14.1 Å². The zero-order chi connectivity index (χ0) is 33.2. The summed E-state index contributed by atoms with van der Waals surface area (Å²) >= 11 is 0. The quantitative estimate of drug-likeness (QED) is 0.280. The van der Waals surface area contributed by atoms with E-state index in [2.05, 4.69) is 15.9 Å². The van der Waals surface area contributed by atoms with E-state index in [9.17, 15) is 17.6 Å². The standard InChI is InChI=1S/C38H54FN3O4S/c1-29-26-34(46-3)27-30(2)36(29)47(44,45)42-23-5-4-12-33(42)13-9-14-35(43)40-24-19-37(20-25-40)15-17-38(18-16-37,41-21-6-7-22-41)31-10-8-11-32(39)28-31/h8,10-11,26-28,33H,4-7,9,12-25H2,1-3H3. The van der Waals surface area contributed by atoms with Crippen molar-refractivity contribution in [3.8, 4) is 5.75 Å². The van der Waals surface area contributed by atoms with Crippen molar-refractivity contribution in [3.63, 3.8) is 0 Å². The Kier molecular flexibility index (Phi) is 10.4. The van der Waals surface area contributed by atoms with E-state index in [0.29, 0.717) is 47.6 Å². The lowest BCUT2D eigenvalue weighted by Crippen LogP contribution is -2.51. The molecule has 7 nitrogen and oxygen atoms in total. The Balaban J connectivity index is 1.03. The fourth-order valence-electron chi connectivity index (χ4n) is 9.41. The lowest BCUT2D eigenvalue weighted by molar-refractivity contribution is -0.134. The van der Waals surface area contributed by atoms with Gasteiger partial charge in [-0.2, -0.15) is 4.31 Å². The minimum atomic E-state index is -3.66. The summed E-state index contributed by atoms with van der Waals surface area (Å²) in [5.41, 5.74) is 2.75. The average molecular weight is 668 g/mol. The molecule has 47 heavy (non-hydrogen) atoms. The molecule has 1 spiro atoms. The second-order valence-corrected chi connectivity index (χ2v) is 16.7. The summed E-state index contributed by atoms with van der Waals surface area (Å²) in [5.74, 6) is 0.723. The third-order valence-corrected chi connectivity index (χ3v) is 14.4. The molecule has 4 fully saturated rings. The van der Waals surface area contributed by atoms with Crippen molar-refractivity contribution in [2.75, 3.05) is 39.8 Å². The molecule has 9 heteroatoms. The van der Waals surface area contributed by atoms with Crippen LogP contribution in [0.25, 0.3) is 0 Å². The molecule has 4 aliphatic rings. The summed E-state index contributed by atoms with van der Waals surface area (Å²) in [6.45, 7) is 7.99. The zero-order valence-corrected chi connectivity index (χ0v) is 29.6. The van der Waals surface area contributed by atoms with Gasteiger partial charge >= 0.3 is 0 Å². The van der Waals surface area contributed by atoms with Crippen LogP contribution in [-0.2, 0) is 20.4 Å². The Morgan fingerprint density at radius 1 is 0.894 bits per heavy atom. The molecule has 6 rings (SSSR count). The van der Waals surface area contributed by atoms with Gasteiger partial charge in [-0.1, -0.05) is 18.6 Å². The van der Waals surface area contributed by atoms with Crippen molar-refractivity contribution < 1.29 is 22.3 Å². The number of ether oxygens (including phenoxy) is 1. The Hall–Kier alpha value is -2.49. The third-order valence-electron chi connectivity index (χ3n) is 12.1. The summed E-state index contributed by atoms with van der Waals surface area (Å²) in [4.78, 5) is 18.5. The Morgan fingerprint density at radius 3 is 2.19 bits per heavy atom. The molecule has 1 unspecified atom stereocenters. The zero-order valence-electron chi connectivity index (χ0n) is 28.7. The van der Waals surface area contributed by atoms with Crippen LogP contribution in [0.4, 0.5) is 4.39 Å². The third kappa shape index (κ3) is 7.00. The van der Waals surface area contributed by atoms with Crippen LogP contribution in [0.1, 0.15) is 107 Å². The summed E-state index contributed by atoms with van der Waals surface area (Å²) in [5, 5.41) is 0. The molecule has 2 aromatic rings. The Morgan fingerprint density at radius 2 is 1.55 bits per heavy atom. The highest BCUT2D eigenvalue weighted by Crippen LogP contribution is 2.53. The monoisotopic (exact) mass is 667 g/mol. The van der Waals surface area contributed by atoms with Gasteiger partial charge in [0, 0.05) is 37.6 Å². The van der Waals surface area contributed by atoms with E-state index in [1.807, 2.05) is 19.9 Å². The fourth-order valence-corrected chi connectivity index (χ4v) is 11.6. The minimum absolute atomic E-state index is 0.0674. The molecule has 0 aromatic heterocycles. The molecule has 1 atom stereocenters. The maximum atomic E-state index is 14.3. The highest BCUT2D eigenvalue weighted by molar-refractivity contribution is 7.89. The normalized spacial score (nSPS) is 23.7. The number of rotatable bonds is 9. The van der Waals surface area contributed by atoms with E-state index in [-0.39, 0.29) is 28.7 Å². The molecular formula is C38H54FN3O4S. The van der Waals surface area contributed by atoms with Gasteiger partial charge in [-0.3, -0.25) is 9.69 Å². The van der Waals surface area contributed by atoms with E-state index >= 15 is 0 Å². The Labute approximate surface area is 281 Å². The highest BCUT2D eigenvalue weighted by atomic mass is 32.2. The van der Waals surface area contributed by atoms with Gasteiger partial charge in [0.1, 0.15) is 11.6 Å². The molecule has 1 amide bonds. The Bertz CT molecular complexity index is 1500. The highest BCUT2D eigenvalue weighted by Gasteiger charge is 2.48. The lowest BCUT2D eigenvalue weighted by atomic mass is 9.61. The molecule has 258 valence electrons. The first-order chi connectivity index (χ1) is 22.6. The van der Waals surface area contributed by atoms with Crippen LogP contribution in [0.15, 0.2) is 41.3 Å². The maximum absolute atomic E-state index is 14.3. The molecule has 0 bridgehead atoms. The van der Waals surface area contributed by atoms with Gasteiger partial charge in [0.2, 0.25) is 15.9 Å². The number of hydrogen-bond acceptors (Lipinski definition) is 5. The molecule has 1 saturated carbocycles. The number of sulfonamides is 1. The van der Waals surface area contributed by atoms with Gasteiger partial charge in [0.15, 0.2) is 0 Å². The SMILES string of the molecule is COc1cc(C)c(S(=O)(=O)N2CCCCC2CCCC(=O)N2CCC3(CC2)CCC(c2cccc(F)c2)(N2CCCC2)CC3)c(C)c1. The second-order valence-electron chi connectivity index (χ2n) is 14.9. The number of hydrogen-bond donors (Lipinski definition) is 0. The average Bonchev–Trinajstić information content (AvgIpc) is 3.61. The molecule has 0 N–H and O–H groups in total. The van der Waals surface area contributed by atoms with Crippen molar-refractivity contribution in [1.29, 1.82) is 0 Å². The van der Waals surface area contributed by atoms with Crippen LogP contribution in [0.5, 0.6) is 5.75 Å². The minimum Gasteiger partial charge on any atom is -0.497 e. The topological polar surface area (TPSA) is 70.2 Å². The van der Waals surface area contributed by atoms with Gasteiger partial charge in [-0.15, -0.1) is 0 Å². The number of benzene rings is 2. The summed E-state index contributed by atoms with van der Waals surface area (Å²) in [6, 6.07) is 10.8. The van der Waals surface area contributed by atoms with Crippen LogP contribution in [0.3, 0.4) is 0 Å². The van der Waals surface area contributed by atoms with E-state index in [4.69, 9.17) is 4.74 Å². The molecule has 3 heterocycles. The smallest absolute Gasteiger partial charge is 0.243 e. The lowest BCUT2D eigenvalue weighted by Gasteiger charge is -2.53. The van der Waals surface area contributed by atoms with Crippen LogP contribution < -0.4 is 4.74 Å². The summed E-state index contributed by atoms with van der Waals surface area (Å²) in [6.07, 6.45) is 13.4. The first kappa shape index (κ1) is 34.4. The van der Waals surface area contributed by atoms with Crippen LogP contribution >= 0.6 is 0 Å². The number of carbonyl (C=O) groups excluding carboxylic acids is 1. The van der Waals surface area contributed by atoms with Gasteiger partial charge in [-0.25, -0.2) is 12.8 Å². The van der Waals surface area contributed by atoms with Crippen LogP contribution in [0, 0.1) is 25.1 Å². The second kappa shape index (κ2) is 14.2. The van der Waals surface area contributed by atoms with E-state index in [1.54, 1.807) is 35.7 Å². The summed E-state index contributed by atoms with van der Waals surface area (Å²) in [7, 11) is -2.06. The van der Waals surface area contributed by atoms with Gasteiger partial charge in [-0.05, 0) is 150 Å². The van der Waals surface area contributed by atoms with Crippen LogP contribution in [0.2, 0.25) is 0 Å². The number of amides is 1. The number of halogens is 1.